The third-order valence-corrected chi connectivity index (χ3v) is 4.13. The molecule has 1 aliphatic rings. The first kappa shape index (κ1) is 16.6. The highest BCUT2D eigenvalue weighted by Crippen LogP contribution is 2.20. The van der Waals surface area contributed by atoms with Crippen LogP contribution in [-0.4, -0.2) is 6.61 Å². The highest BCUT2D eigenvalue weighted by atomic mass is 16.5. The summed E-state index contributed by atoms with van der Waals surface area (Å²) in [6.07, 6.45) is 19.0. The summed E-state index contributed by atoms with van der Waals surface area (Å²) < 4.78 is 5.80. The molecular weight excluding hydrogens is 232 g/mol. The second kappa shape index (κ2) is 11.4. The van der Waals surface area contributed by atoms with Crippen molar-refractivity contribution >= 4 is 0 Å². The fourth-order valence-electron chi connectivity index (χ4n) is 2.97. The average molecular weight is 266 g/mol. The van der Waals surface area contributed by atoms with Crippen LogP contribution in [0.3, 0.4) is 0 Å². The molecule has 0 radical (unpaired) electrons. The molecule has 0 aliphatic heterocycles. The van der Waals surface area contributed by atoms with E-state index < -0.39 is 0 Å². The van der Waals surface area contributed by atoms with E-state index >= 15 is 0 Å². The topological polar surface area (TPSA) is 9.23 Å². The molecule has 0 spiro atoms. The van der Waals surface area contributed by atoms with Crippen molar-refractivity contribution in [3.05, 3.63) is 11.8 Å². The van der Waals surface area contributed by atoms with Gasteiger partial charge in [-0.15, -0.1) is 0 Å². The van der Waals surface area contributed by atoms with Crippen LogP contribution in [0.4, 0.5) is 0 Å². The molecule has 0 bridgehead atoms. The van der Waals surface area contributed by atoms with E-state index in [0.29, 0.717) is 5.92 Å². The Morgan fingerprint density at radius 2 is 1.42 bits per heavy atom. The summed E-state index contributed by atoms with van der Waals surface area (Å²) in [5.74, 6) is 1.94. The molecule has 0 saturated heterocycles. The minimum absolute atomic E-state index is 0.687. The van der Waals surface area contributed by atoms with Gasteiger partial charge in [0.05, 0.1) is 12.4 Å². The largest absolute Gasteiger partial charge is 0.499 e. The third-order valence-electron chi connectivity index (χ3n) is 4.13. The quantitative estimate of drug-likeness (QED) is 0.575. The smallest absolute Gasteiger partial charge is 0.0922 e. The first-order valence-corrected chi connectivity index (χ1v) is 8.66. The lowest BCUT2D eigenvalue weighted by Gasteiger charge is -2.12. The molecule has 0 N–H and O–H groups in total. The van der Waals surface area contributed by atoms with Crippen LogP contribution in [0.15, 0.2) is 11.8 Å². The van der Waals surface area contributed by atoms with Gasteiger partial charge in [0.25, 0.3) is 0 Å². The monoisotopic (exact) mass is 266 g/mol. The molecule has 0 heterocycles. The lowest BCUT2D eigenvalue weighted by molar-refractivity contribution is 0.213. The van der Waals surface area contributed by atoms with Crippen LogP contribution in [0.25, 0.3) is 0 Å². The fourth-order valence-corrected chi connectivity index (χ4v) is 2.97. The lowest BCUT2D eigenvalue weighted by Crippen LogP contribution is -1.98. The summed E-state index contributed by atoms with van der Waals surface area (Å²) in [6, 6.07) is 0. The molecule has 1 rings (SSSR count). The average Bonchev–Trinajstić information content (AvgIpc) is 2.40. The molecule has 1 nitrogen and oxygen atoms in total. The Labute approximate surface area is 120 Å². The van der Waals surface area contributed by atoms with Gasteiger partial charge < -0.3 is 4.74 Å². The number of hydrogen-bond acceptors (Lipinski definition) is 1. The van der Waals surface area contributed by atoms with Crippen LogP contribution in [0.2, 0.25) is 0 Å². The van der Waals surface area contributed by atoms with Gasteiger partial charge in [0, 0.05) is 6.42 Å². The Kier molecular flexibility index (Phi) is 9.93. The summed E-state index contributed by atoms with van der Waals surface area (Å²) in [4.78, 5) is 0. The van der Waals surface area contributed by atoms with Crippen molar-refractivity contribution in [3.63, 3.8) is 0 Å². The van der Waals surface area contributed by atoms with E-state index in [9.17, 15) is 0 Å². The maximum atomic E-state index is 5.80. The molecule has 1 unspecified atom stereocenters. The van der Waals surface area contributed by atoms with E-state index in [-0.39, 0.29) is 0 Å². The number of allylic oxidation sites excluding steroid dienone is 2. The third kappa shape index (κ3) is 9.13. The molecule has 0 saturated carbocycles. The Morgan fingerprint density at radius 1 is 0.895 bits per heavy atom. The Morgan fingerprint density at radius 3 is 2.00 bits per heavy atom. The highest BCUT2D eigenvalue weighted by molar-refractivity contribution is 4.96. The van der Waals surface area contributed by atoms with Crippen molar-refractivity contribution in [2.75, 3.05) is 6.61 Å². The molecule has 1 atom stereocenters. The van der Waals surface area contributed by atoms with Gasteiger partial charge in [-0.1, -0.05) is 64.7 Å². The van der Waals surface area contributed by atoms with Gasteiger partial charge in [0.15, 0.2) is 0 Å². The normalized spacial score (nSPS) is 27.7. The molecule has 112 valence electrons. The van der Waals surface area contributed by atoms with Gasteiger partial charge in [0.1, 0.15) is 0 Å². The van der Waals surface area contributed by atoms with Crippen LogP contribution in [0, 0.1) is 5.92 Å². The van der Waals surface area contributed by atoms with Crippen molar-refractivity contribution in [2.24, 2.45) is 5.92 Å². The molecule has 0 aromatic heterocycles. The summed E-state index contributed by atoms with van der Waals surface area (Å²) in [6.45, 7) is 5.26. The minimum Gasteiger partial charge on any atom is -0.499 e. The van der Waals surface area contributed by atoms with Crippen molar-refractivity contribution in [3.8, 4) is 0 Å². The zero-order valence-electron chi connectivity index (χ0n) is 13.3. The maximum Gasteiger partial charge on any atom is 0.0922 e. The number of rotatable bonds is 2. The Balaban J connectivity index is 2.41. The van der Waals surface area contributed by atoms with E-state index in [2.05, 4.69) is 19.9 Å². The van der Waals surface area contributed by atoms with Crippen LogP contribution < -0.4 is 0 Å². The minimum atomic E-state index is 0.687. The van der Waals surface area contributed by atoms with Gasteiger partial charge in [-0.3, -0.25) is 0 Å². The SMILES string of the molecule is CCO/C1=C/C(C)CCCCCCCCCCCC1. The maximum absolute atomic E-state index is 5.80. The molecular formula is C18H34O. The fraction of sp³-hybridized carbons (Fsp3) is 0.889. The van der Waals surface area contributed by atoms with E-state index in [4.69, 9.17) is 4.74 Å². The van der Waals surface area contributed by atoms with Gasteiger partial charge >= 0.3 is 0 Å². The Bertz CT molecular complexity index is 232. The van der Waals surface area contributed by atoms with Gasteiger partial charge in [-0.2, -0.15) is 0 Å². The Hall–Kier alpha value is -0.460. The summed E-state index contributed by atoms with van der Waals surface area (Å²) in [5, 5.41) is 0. The van der Waals surface area contributed by atoms with E-state index in [1.165, 1.54) is 76.4 Å². The molecule has 1 aliphatic carbocycles. The van der Waals surface area contributed by atoms with E-state index in [0.717, 1.165) is 13.0 Å². The standard InChI is InChI=1S/C18H34O/c1-3-19-18-15-13-11-9-7-5-4-6-8-10-12-14-17(2)16-18/h16-17H,3-15H2,1-2H3/b18-16+. The van der Waals surface area contributed by atoms with E-state index in [1.54, 1.807) is 0 Å². The van der Waals surface area contributed by atoms with E-state index in [1.807, 2.05) is 0 Å². The molecule has 1 heteroatoms. The van der Waals surface area contributed by atoms with Crippen molar-refractivity contribution in [2.45, 2.75) is 90.9 Å². The molecule has 0 aromatic rings. The van der Waals surface area contributed by atoms with Crippen molar-refractivity contribution < 1.29 is 4.74 Å². The van der Waals surface area contributed by atoms with Gasteiger partial charge in [0.2, 0.25) is 0 Å². The molecule has 0 aromatic carbocycles. The van der Waals surface area contributed by atoms with Gasteiger partial charge in [-0.05, 0) is 31.8 Å². The number of ether oxygens (including phenoxy) is 1. The van der Waals surface area contributed by atoms with Crippen molar-refractivity contribution in [1.82, 2.24) is 0 Å². The number of hydrogen-bond donors (Lipinski definition) is 0. The predicted octanol–water partition coefficient (Wildman–Crippen LogP) is 6.24. The van der Waals surface area contributed by atoms with Crippen LogP contribution in [0.1, 0.15) is 90.9 Å². The molecule has 0 amide bonds. The summed E-state index contributed by atoms with van der Waals surface area (Å²) >= 11 is 0. The van der Waals surface area contributed by atoms with Crippen molar-refractivity contribution in [1.29, 1.82) is 0 Å². The van der Waals surface area contributed by atoms with Gasteiger partial charge in [-0.25, -0.2) is 0 Å². The van der Waals surface area contributed by atoms with Crippen LogP contribution in [-0.2, 0) is 4.74 Å². The second-order valence-electron chi connectivity index (χ2n) is 6.12. The zero-order chi connectivity index (χ0) is 13.8. The van der Waals surface area contributed by atoms with Crippen LogP contribution >= 0.6 is 0 Å². The first-order valence-electron chi connectivity index (χ1n) is 8.66. The summed E-state index contributed by atoms with van der Waals surface area (Å²) in [5.41, 5.74) is 0. The molecule has 19 heavy (non-hydrogen) atoms. The zero-order valence-corrected chi connectivity index (χ0v) is 13.3. The van der Waals surface area contributed by atoms with Crippen LogP contribution in [0.5, 0.6) is 0 Å². The summed E-state index contributed by atoms with van der Waals surface area (Å²) in [7, 11) is 0. The first-order chi connectivity index (χ1) is 9.33. The molecule has 0 fully saturated rings. The highest BCUT2D eigenvalue weighted by Gasteiger charge is 2.04. The lowest BCUT2D eigenvalue weighted by atomic mass is 10.0. The predicted molar refractivity (Wildman–Crippen MR) is 84.3 cm³/mol. The second-order valence-corrected chi connectivity index (χ2v) is 6.12.